The Morgan fingerprint density at radius 2 is 1.02 bits per heavy atom. The van der Waals surface area contributed by atoms with Crippen LogP contribution in [-0.4, -0.2) is 0 Å². The van der Waals surface area contributed by atoms with E-state index in [1.807, 2.05) is 84.9 Å². The van der Waals surface area contributed by atoms with E-state index in [2.05, 4.69) is 42.5 Å². The molecule has 8 rings (SSSR count). The fourth-order valence-corrected chi connectivity index (χ4v) is 5.98. The Morgan fingerprint density at radius 3 is 1.81 bits per heavy atom. The highest BCUT2D eigenvalue weighted by Crippen LogP contribution is 2.41. The number of para-hydroxylation sites is 2. The molecule has 4 heteroatoms. The van der Waals surface area contributed by atoms with Crippen molar-refractivity contribution in [3.05, 3.63) is 132 Å². The van der Waals surface area contributed by atoms with Gasteiger partial charge in [0.25, 0.3) is 0 Å². The summed E-state index contributed by atoms with van der Waals surface area (Å²) >= 11 is 0. The standard InChI is InChI=1S/C38H20N2O2/c39-21-25-7-1-2-8-27(25)32-19-26(23-14-16-37-33(17-23)29-10-4-6-12-36(29)41-37)18-31(34(32)22-40)24-13-15-30-28-9-3-5-11-35(28)42-38(30)20-24/h1-20H. The molecule has 0 fully saturated rings. The Hall–Kier alpha value is -6.10. The lowest BCUT2D eigenvalue weighted by Gasteiger charge is -2.15. The lowest BCUT2D eigenvalue weighted by molar-refractivity contribution is 0.668. The largest absolute Gasteiger partial charge is 0.456 e. The minimum Gasteiger partial charge on any atom is -0.456 e. The van der Waals surface area contributed by atoms with Crippen molar-refractivity contribution in [1.29, 1.82) is 10.5 Å². The topological polar surface area (TPSA) is 73.9 Å². The molecule has 8 aromatic rings. The van der Waals surface area contributed by atoms with E-state index in [0.29, 0.717) is 16.7 Å². The lowest BCUT2D eigenvalue weighted by atomic mass is 9.86. The first-order chi connectivity index (χ1) is 20.7. The molecule has 0 aliphatic heterocycles. The maximum Gasteiger partial charge on any atom is 0.136 e. The molecule has 0 N–H and O–H groups in total. The fraction of sp³-hybridized carbons (Fsp3) is 0. The molecule has 0 amide bonds. The first-order valence-corrected chi connectivity index (χ1v) is 13.6. The maximum absolute atomic E-state index is 10.5. The van der Waals surface area contributed by atoms with Gasteiger partial charge in [0.05, 0.1) is 17.2 Å². The third kappa shape index (κ3) is 3.60. The van der Waals surface area contributed by atoms with Crippen LogP contribution in [0, 0.1) is 22.7 Å². The number of nitriles is 2. The highest BCUT2D eigenvalue weighted by atomic mass is 16.3. The number of furan rings is 2. The molecule has 0 saturated heterocycles. The van der Waals surface area contributed by atoms with Gasteiger partial charge in [0.15, 0.2) is 0 Å². The summed E-state index contributed by atoms with van der Waals surface area (Å²) in [6.45, 7) is 0. The number of hydrogen-bond donors (Lipinski definition) is 0. The molecule has 194 valence electrons. The van der Waals surface area contributed by atoms with Gasteiger partial charge in [-0.1, -0.05) is 66.7 Å². The molecule has 0 bridgehead atoms. The Labute approximate surface area is 240 Å². The molecule has 4 nitrogen and oxygen atoms in total. The van der Waals surface area contributed by atoms with Gasteiger partial charge >= 0.3 is 0 Å². The summed E-state index contributed by atoms with van der Waals surface area (Å²) in [6.07, 6.45) is 0. The summed E-state index contributed by atoms with van der Waals surface area (Å²) < 4.78 is 12.3. The van der Waals surface area contributed by atoms with Crippen molar-refractivity contribution < 1.29 is 8.83 Å². The Bertz CT molecular complexity index is 2450. The van der Waals surface area contributed by atoms with E-state index in [9.17, 15) is 10.5 Å². The minimum absolute atomic E-state index is 0.506. The number of fused-ring (bicyclic) bond motifs is 6. The van der Waals surface area contributed by atoms with E-state index in [0.717, 1.165) is 71.7 Å². The Balaban J connectivity index is 1.41. The van der Waals surface area contributed by atoms with Crippen LogP contribution in [0.25, 0.3) is 77.3 Å². The van der Waals surface area contributed by atoms with Crippen molar-refractivity contribution in [2.75, 3.05) is 0 Å². The van der Waals surface area contributed by atoms with E-state index >= 15 is 0 Å². The van der Waals surface area contributed by atoms with Crippen molar-refractivity contribution in [3.63, 3.8) is 0 Å². The summed E-state index contributed by atoms with van der Waals surface area (Å²) in [5.74, 6) is 0. The van der Waals surface area contributed by atoms with Crippen molar-refractivity contribution in [1.82, 2.24) is 0 Å². The number of benzene rings is 6. The van der Waals surface area contributed by atoms with Crippen LogP contribution in [0.5, 0.6) is 0 Å². The molecule has 0 spiro atoms. The van der Waals surface area contributed by atoms with Crippen LogP contribution in [0.15, 0.2) is 130 Å². The van der Waals surface area contributed by atoms with Crippen molar-refractivity contribution in [2.45, 2.75) is 0 Å². The smallest absolute Gasteiger partial charge is 0.136 e. The lowest BCUT2D eigenvalue weighted by Crippen LogP contribution is -1.94. The van der Waals surface area contributed by atoms with E-state index in [1.54, 1.807) is 6.07 Å². The summed E-state index contributed by atoms with van der Waals surface area (Å²) in [5.41, 5.74) is 9.26. The summed E-state index contributed by atoms with van der Waals surface area (Å²) in [4.78, 5) is 0. The van der Waals surface area contributed by atoms with Gasteiger partial charge in [0.2, 0.25) is 0 Å². The average Bonchev–Trinajstić information content (AvgIpc) is 3.61. The van der Waals surface area contributed by atoms with Crippen LogP contribution in [0.4, 0.5) is 0 Å². The molecule has 0 radical (unpaired) electrons. The van der Waals surface area contributed by atoms with Crippen molar-refractivity contribution >= 4 is 43.9 Å². The zero-order valence-electron chi connectivity index (χ0n) is 22.3. The van der Waals surface area contributed by atoms with E-state index in [-0.39, 0.29) is 0 Å². The maximum atomic E-state index is 10.5. The predicted octanol–water partition coefficient (Wildman–Crippen LogP) is 10.2. The van der Waals surface area contributed by atoms with Gasteiger partial charge in [-0.25, -0.2) is 0 Å². The molecule has 42 heavy (non-hydrogen) atoms. The van der Waals surface area contributed by atoms with Crippen LogP contribution >= 0.6 is 0 Å². The molecule has 0 unspecified atom stereocenters. The van der Waals surface area contributed by atoms with Crippen molar-refractivity contribution in [2.24, 2.45) is 0 Å². The number of nitrogens with zero attached hydrogens (tertiary/aromatic N) is 2. The van der Waals surface area contributed by atoms with Gasteiger partial charge < -0.3 is 8.83 Å². The second-order valence-corrected chi connectivity index (χ2v) is 10.3. The molecular weight excluding hydrogens is 516 g/mol. The van der Waals surface area contributed by atoms with Crippen LogP contribution in [0.3, 0.4) is 0 Å². The second kappa shape index (κ2) is 9.24. The van der Waals surface area contributed by atoms with Gasteiger partial charge in [-0.15, -0.1) is 0 Å². The van der Waals surface area contributed by atoms with Gasteiger partial charge in [-0.3, -0.25) is 0 Å². The molecule has 2 heterocycles. The van der Waals surface area contributed by atoms with Gasteiger partial charge in [0, 0.05) is 38.2 Å². The van der Waals surface area contributed by atoms with E-state index in [1.165, 1.54) is 0 Å². The van der Waals surface area contributed by atoms with Crippen LogP contribution in [-0.2, 0) is 0 Å². The third-order valence-electron chi connectivity index (χ3n) is 7.99. The Morgan fingerprint density at radius 1 is 0.405 bits per heavy atom. The molecule has 0 aliphatic carbocycles. The average molecular weight is 537 g/mol. The highest BCUT2D eigenvalue weighted by Gasteiger charge is 2.19. The molecular formula is C38H20N2O2. The van der Waals surface area contributed by atoms with Crippen molar-refractivity contribution in [3.8, 4) is 45.5 Å². The SMILES string of the molecule is N#Cc1ccccc1-c1cc(-c2ccc3oc4ccccc4c3c2)cc(-c2ccc3c(c2)oc2ccccc23)c1C#N. The second-order valence-electron chi connectivity index (χ2n) is 10.3. The van der Waals surface area contributed by atoms with E-state index < -0.39 is 0 Å². The summed E-state index contributed by atoms with van der Waals surface area (Å²) in [7, 11) is 0. The predicted molar refractivity (Wildman–Crippen MR) is 167 cm³/mol. The highest BCUT2D eigenvalue weighted by molar-refractivity contribution is 6.07. The zero-order valence-corrected chi connectivity index (χ0v) is 22.3. The van der Waals surface area contributed by atoms with Gasteiger partial charge in [-0.05, 0) is 71.3 Å². The molecule has 0 aliphatic rings. The molecule has 0 saturated carbocycles. The van der Waals surface area contributed by atoms with Gasteiger partial charge in [0.1, 0.15) is 28.4 Å². The number of rotatable bonds is 3. The third-order valence-corrected chi connectivity index (χ3v) is 7.99. The number of hydrogen-bond acceptors (Lipinski definition) is 4. The van der Waals surface area contributed by atoms with E-state index in [4.69, 9.17) is 8.83 Å². The van der Waals surface area contributed by atoms with Crippen LogP contribution in [0.1, 0.15) is 11.1 Å². The zero-order chi connectivity index (χ0) is 28.2. The normalized spacial score (nSPS) is 11.3. The van der Waals surface area contributed by atoms with Crippen LogP contribution < -0.4 is 0 Å². The minimum atomic E-state index is 0.506. The quantitative estimate of drug-likeness (QED) is 0.225. The Kier molecular flexibility index (Phi) is 5.22. The molecule has 0 atom stereocenters. The summed E-state index contributed by atoms with van der Waals surface area (Å²) in [5, 5.41) is 24.6. The first-order valence-electron chi connectivity index (χ1n) is 13.6. The molecule has 2 aromatic heterocycles. The first kappa shape index (κ1) is 23.8. The molecule has 6 aromatic carbocycles. The monoisotopic (exact) mass is 536 g/mol. The van der Waals surface area contributed by atoms with Gasteiger partial charge in [-0.2, -0.15) is 10.5 Å². The summed E-state index contributed by atoms with van der Waals surface area (Å²) in [6, 6.07) is 44.5. The fourth-order valence-electron chi connectivity index (χ4n) is 5.98. The van der Waals surface area contributed by atoms with Crippen LogP contribution in [0.2, 0.25) is 0 Å².